The van der Waals surface area contributed by atoms with Crippen molar-refractivity contribution in [3.05, 3.63) is 77.9 Å². The maximum absolute atomic E-state index is 12.3. The number of nitrogens with zero attached hydrogens (tertiary/aromatic N) is 1. The number of fused-ring (bicyclic) bond motifs is 1. The van der Waals surface area contributed by atoms with Gasteiger partial charge in [0.25, 0.3) is 5.91 Å². The van der Waals surface area contributed by atoms with Gasteiger partial charge in [0.15, 0.2) is 12.4 Å². The zero-order valence-electron chi connectivity index (χ0n) is 16.1. The Balaban J connectivity index is 1.39. The number of nitrogens with one attached hydrogen (secondary N) is 2. The third kappa shape index (κ3) is 5.66. The van der Waals surface area contributed by atoms with Gasteiger partial charge in [-0.3, -0.25) is 25.2 Å². The second-order valence-corrected chi connectivity index (χ2v) is 6.51. The Bertz CT molecular complexity index is 1120. The van der Waals surface area contributed by atoms with Crippen LogP contribution in [-0.4, -0.2) is 24.2 Å². The molecule has 7 heteroatoms. The zero-order valence-corrected chi connectivity index (χ0v) is 16.1. The van der Waals surface area contributed by atoms with E-state index in [0.717, 1.165) is 10.8 Å². The minimum Gasteiger partial charge on any atom is -0.484 e. The van der Waals surface area contributed by atoms with Gasteiger partial charge in [0.2, 0.25) is 5.91 Å². The van der Waals surface area contributed by atoms with Crippen LogP contribution >= 0.6 is 0 Å². The van der Waals surface area contributed by atoms with Crippen LogP contribution in [0.1, 0.15) is 28.8 Å². The number of nitriles is 1. The monoisotopic (exact) mass is 401 g/mol. The second kappa shape index (κ2) is 9.85. The van der Waals surface area contributed by atoms with Gasteiger partial charge in [-0.25, -0.2) is 0 Å². The van der Waals surface area contributed by atoms with E-state index in [4.69, 9.17) is 10.00 Å². The quantitative estimate of drug-likeness (QED) is 0.467. The van der Waals surface area contributed by atoms with Gasteiger partial charge in [0.05, 0.1) is 11.6 Å². The Kier molecular flexibility index (Phi) is 6.74. The number of hydrogen-bond acceptors (Lipinski definition) is 5. The molecule has 2 amide bonds. The van der Waals surface area contributed by atoms with Gasteiger partial charge in [-0.2, -0.15) is 5.26 Å². The molecule has 0 aliphatic heterocycles. The van der Waals surface area contributed by atoms with Crippen LogP contribution in [0.5, 0.6) is 5.75 Å². The molecule has 0 spiro atoms. The summed E-state index contributed by atoms with van der Waals surface area (Å²) in [6, 6.07) is 21.4. The first-order valence-electron chi connectivity index (χ1n) is 9.28. The molecule has 0 aromatic heterocycles. The Labute approximate surface area is 173 Å². The molecule has 2 N–H and O–H groups in total. The number of rotatable bonds is 7. The lowest BCUT2D eigenvalue weighted by atomic mass is 10.0. The van der Waals surface area contributed by atoms with Crippen LogP contribution in [0.25, 0.3) is 10.8 Å². The van der Waals surface area contributed by atoms with Gasteiger partial charge >= 0.3 is 0 Å². The van der Waals surface area contributed by atoms with Gasteiger partial charge in [-0.1, -0.05) is 36.4 Å². The lowest BCUT2D eigenvalue weighted by molar-refractivity contribution is -0.130. The van der Waals surface area contributed by atoms with Gasteiger partial charge in [0, 0.05) is 18.4 Å². The summed E-state index contributed by atoms with van der Waals surface area (Å²) in [6.45, 7) is -0.303. The molecule has 0 aliphatic carbocycles. The SMILES string of the molecule is N#Cc1ccc(OCC(=O)NNC(=O)CCC(=O)c2ccc3ccccc3c2)cc1. The molecule has 0 fully saturated rings. The fourth-order valence-corrected chi connectivity index (χ4v) is 2.75. The van der Waals surface area contributed by atoms with E-state index in [1.54, 1.807) is 36.4 Å². The van der Waals surface area contributed by atoms with Crippen molar-refractivity contribution >= 4 is 28.4 Å². The summed E-state index contributed by atoms with van der Waals surface area (Å²) < 4.78 is 5.26. The molecule has 150 valence electrons. The molecular formula is C23H19N3O4. The van der Waals surface area contributed by atoms with Crippen LogP contribution in [0.15, 0.2) is 66.7 Å². The summed E-state index contributed by atoms with van der Waals surface area (Å²) in [6.07, 6.45) is -0.0236. The largest absolute Gasteiger partial charge is 0.484 e. The van der Waals surface area contributed by atoms with Crippen LogP contribution < -0.4 is 15.6 Å². The highest BCUT2D eigenvalue weighted by atomic mass is 16.5. The molecular weight excluding hydrogens is 382 g/mol. The molecule has 0 atom stereocenters. The average molecular weight is 401 g/mol. The van der Waals surface area contributed by atoms with E-state index >= 15 is 0 Å². The molecule has 30 heavy (non-hydrogen) atoms. The molecule has 3 aromatic rings. The van der Waals surface area contributed by atoms with Crippen LogP contribution in [0, 0.1) is 11.3 Å². The summed E-state index contributed by atoms with van der Waals surface area (Å²) in [7, 11) is 0. The summed E-state index contributed by atoms with van der Waals surface area (Å²) in [5.74, 6) is -0.743. The Morgan fingerprint density at radius 1 is 0.833 bits per heavy atom. The van der Waals surface area contributed by atoms with E-state index in [0.29, 0.717) is 16.9 Å². The van der Waals surface area contributed by atoms with E-state index in [2.05, 4.69) is 10.9 Å². The summed E-state index contributed by atoms with van der Waals surface area (Å²) in [5, 5.41) is 10.7. The molecule has 0 radical (unpaired) electrons. The topological polar surface area (TPSA) is 108 Å². The number of Topliss-reactive ketones (excluding diaryl/α,β-unsaturated/α-hetero) is 1. The lowest BCUT2D eigenvalue weighted by Gasteiger charge is -2.09. The Hall–Kier alpha value is -4.18. The molecule has 0 heterocycles. The van der Waals surface area contributed by atoms with Crippen molar-refractivity contribution in [1.29, 1.82) is 5.26 Å². The van der Waals surface area contributed by atoms with E-state index < -0.39 is 11.8 Å². The fraction of sp³-hybridized carbons (Fsp3) is 0.130. The molecule has 7 nitrogen and oxygen atoms in total. The van der Waals surface area contributed by atoms with Crippen molar-refractivity contribution in [2.75, 3.05) is 6.61 Å². The third-order valence-electron chi connectivity index (χ3n) is 4.35. The number of carbonyl (C=O) groups is 3. The summed E-state index contributed by atoms with van der Waals surface area (Å²) in [4.78, 5) is 36.0. The minimum atomic E-state index is -0.548. The predicted molar refractivity (Wildman–Crippen MR) is 110 cm³/mol. The van der Waals surface area contributed by atoms with Crippen molar-refractivity contribution in [3.8, 4) is 11.8 Å². The highest BCUT2D eigenvalue weighted by molar-refractivity contribution is 6.01. The average Bonchev–Trinajstić information content (AvgIpc) is 2.79. The van der Waals surface area contributed by atoms with Crippen molar-refractivity contribution in [3.63, 3.8) is 0 Å². The van der Waals surface area contributed by atoms with Crippen molar-refractivity contribution in [2.24, 2.45) is 0 Å². The Morgan fingerprint density at radius 2 is 1.53 bits per heavy atom. The molecule has 0 saturated heterocycles. The highest BCUT2D eigenvalue weighted by Crippen LogP contribution is 2.17. The fourth-order valence-electron chi connectivity index (χ4n) is 2.75. The van der Waals surface area contributed by atoms with Crippen LogP contribution in [0.3, 0.4) is 0 Å². The third-order valence-corrected chi connectivity index (χ3v) is 4.35. The van der Waals surface area contributed by atoms with Gasteiger partial charge in [-0.05, 0) is 41.1 Å². The first kappa shape index (κ1) is 20.6. The van der Waals surface area contributed by atoms with E-state index in [1.807, 2.05) is 36.4 Å². The van der Waals surface area contributed by atoms with E-state index in [9.17, 15) is 14.4 Å². The van der Waals surface area contributed by atoms with Gasteiger partial charge < -0.3 is 4.74 Å². The molecule has 0 saturated carbocycles. The minimum absolute atomic E-state index is 0.0295. The normalized spacial score (nSPS) is 10.1. The maximum Gasteiger partial charge on any atom is 0.276 e. The maximum atomic E-state index is 12.3. The number of hydrogen-bond donors (Lipinski definition) is 2. The number of ether oxygens (including phenoxy) is 1. The lowest BCUT2D eigenvalue weighted by Crippen LogP contribution is -2.43. The summed E-state index contributed by atoms with van der Waals surface area (Å²) in [5.41, 5.74) is 5.52. The first-order valence-corrected chi connectivity index (χ1v) is 9.28. The smallest absolute Gasteiger partial charge is 0.276 e. The number of benzene rings is 3. The van der Waals surface area contributed by atoms with E-state index in [-0.39, 0.29) is 25.2 Å². The predicted octanol–water partition coefficient (Wildman–Crippen LogP) is 2.90. The summed E-state index contributed by atoms with van der Waals surface area (Å²) >= 11 is 0. The van der Waals surface area contributed by atoms with Crippen LogP contribution in [-0.2, 0) is 9.59 Å². The molecule has 3 aromatic carbocycles. The molecule has 0 bridgehead atoms. The van der Waals surface area contributed by atoms with Crippen LogP contribution in [0.2, 0.25) is 0 Å². The molecule has 3 rings (SSSR count). The van der Waals surface area contributed by atoms with Crippen molar-refractivity contribution < 1.29 is 19.1 Å². The number of amides is 2. The highest BCUT2D eigenvalue weighted by Gasteiger charge is 2.11. The number of ketones is 1. The van der Waals surface area contributed by atoms with Gasteiger partial charge in [0.1, 0.15) is 5.75 Å². The zero-order chi connectivity index (χ0) is 21.3. The number of carbonyl (C=O) groups excluding carboxylic acids is 3. The standard InChI is InChI=1S/C23H19N3O4/c24-14-16-5-9-20(10-6-16)30-15-23(29)26-25-22(28)12-11-21(27)19-8-7-17-3-1-2-4-18(17)13-19/h1-10,13H,11-12,15H2,(H,25,28)(H,26,29). The Morgan fingerprint density at radius 3 is 2.27 bits per heavy atom. The molecule has 0 aliphatic rings. The number of hydrazine groups is 1. The van der Waals surface area contributed by atoms with Crippen molar-refractivity contribution in [1.82, 2.24) is 10.9 Å². The van der Waals surface area contributed by atoms with Crippen LogP contribution in [0.4, 0.5) is 0 Å². The van der Waals surface area contributed by atoms with Crippen molar-refractivity contribution in [2.45, 2.75) is 12.8 Å². The first-order chi connectivity index (χ1) is 14.5. The molecule has 0 unspecified atom stereocenters. The van der Waals surface area contributed by atoms with Gasteiger partial charge in [-0.15, -0.1) is 0 Å². The second-order valence-electron chi connectivity index (χ2n) is 6.51. The van der Waals surface area contributed by atoms with E-state index in [1.165, 1.54) is 0 Å².